The predicted octanol–water partition coefficient (Wildman–Crippen LogP) is 6.28. The fourth-order valence-corrected chi connectivity index (χ4v) is 30.8. The van der Waals surface area contributed by atoms with Gasteiger partial charge in [0.2, 0.25) is 0 Å². The van der Waals surface area contributed by atoms with Gasteiger partial charge in [0.1, 0.15) is 0 Å². The van der Waals surface area contributed by atoms with Crippen molar-refractivity contribution in [2.45, 2.75) is 19.1 Å². The molecule has 6 aromatic carbocycles. The Morgan fingerprint density at radius 3 is 2.00 bits per heavy atom. The average molecular weight is 489 g/mol. The summed E-state index contributed by atoms with van der Waals surface area (Å²) in [6.45, 7) is 6.21. The van der Waals surface area contributed by atoms with Crippen LogP contribution < -0.4 is 5.19 Å². The maximum atomic E-state index is 6.68. The van der Waals surface area contributed by atoms with Gasteiger partial charge >= 0.3 is 0 Å². The molecule has 0 aromatic heterocycles. The molecule has 1 saturated heterocycles. The van der Waals surface area contributed by atoms with Gasteiger partial charge in [0, 0.05) is 22.8 Å². The molecule has 0 radical (unpaired) electrons. The van der Waals surface area contributed by atoms with E-state index in [-0.39, 0.29) is 8.55 Å². The lowest BCUT2D eigenvalue weighted by molar-refractivity contribution is 0.357. The molecule has 1 unspecified atom stereocenters. The second-order valence-electron chi connectivity index (χ2n) is 10.8. The number of rotatable bonds is 1. The molecule has 1 atom stereocenters. The summed E-state index contributed by atoms with van der Waals surface area (Å²) in [7, 11) is -2.60. The molecular weight excluding hydrogens is 461 g/mol. The first kappa shape index (κ1) is 20.6. The molecule has 166 valence electrons. The van der Waals surface area contributed by atoms with Crippen molar-refractivity contribution in [1.29, 1.82) is 0 Å². The minimum absolute atomic E-state index is 0.177. The van der Waals surface area contributed by atoms with Crippen LogP contribution in [0.4, 0.5) is 0 Å². The van der Waals surface area contributed by atoms with Crippen LogP contribution in [0.3, 0.4) is 0 Å². The minimum Gasteiger partial charge on any atom is -0.419 e. The van der Waals surface area contributed by atoms with Gasteiger partial charge in [0.15, 0.2) is 8.56 Å². The van der Waals surface area contributed by atoms with E-state index in [0.29, 0.717) is 0 Å². The highest BCUT2D eigenvalue weighted by Gasteiger charge is 2.35. The van der Waals surface area contributed by atoms with E-state index in [2.05, 4.69) is 104 Å². The lowest BCUT2D eigenvalue weighted by atomic mass is 9.95. The monoisotopic (exact) mass is 488 g/mol. The van der Waals surface area contributed by atoms with Crippen molar-refractivity contribution in [2.24, 2.45) is 0 Å². The molecule has 7 rings (SSSR count). The molecule has 0 N–H and O–H groups in total. The average Bonchev–Trinajstić information content (AvgIpc) is 2.84. The first-order valence-corrected chi connectivity index (χ1v) is 22.2. The van der Waals surface area contributed by atoms with E-state index >= 15 is 0 Å². The van der Waals surface area contributed by atoms with Gasteiger partial charge in [0.05, 0.1) is 0 Å². The topological polar surface area (TPSA) is 9.23 Å². The molecule has 6 aromatic rings. The van der Waals surface area contributed by atoms with Gasteiger partial charge in [-0.15, -0.1) is 0 Å². The van der Waals surface area contributed by atoms with E-state index in [1.165, 1.54) is 59.9 Å². The van der Waals surface area contributed by atoms with Crippen molar-refractivity contribution in [3.63, 3.8) is 0 Å². The van der Waals surface area contributed by atoms with E-state index in [1.54, 1.807) is 5.19 Å². The van der Waals surface area contributed by atoms with Crippen LogP contribution in [0.5, 0.6) is 0 Å². The van der Waals surface area contributed by atoms with Crippen LogP contribution in [0.25, 0.3) is 53.9 Å². The summed E-state index contributed by atoms with van der Waals surface area (Å²) in [5.41, 5.74) is 0. The Bertz CT molecular complexity index is 1760. The van der Waals surface area contributed by atoms with Crippen molar-refractivity contribution < 1.29 is 4.43 Å². The van der Waals surface area contributed by atoms with E-state index in [4.69, 9.17) is 4.43 Å². The molecule has 1 nitrogen and oxygen atoms in total. The fourth-order valence-electron chi connectivity index (χ4n) is 6.02. The molecule has 0 amide bonds. The van der Waals surface area contributed by atoms with Crippen LogP contribution in [0, 0.1) is 0 Å². The summed E-state index contributed by atoms with van der Waals surface area (Å²) in [6, 6.07) is 35.8. The largest absolute Gasteiger partial charge is 0.419 e. The Hall–Kier alpha value is -2.77. The van der Waals surface area contributed by atoms with Crippen LogP contribution >= 0.6 is 0 Å². The van der Waals surface area contributed by atoms with Gasteiger partial charge in [0.25, 0.3) is 0 Å². The zero-order valence-corrected chi connectivity index (χ0v) is 23.3. The number of hydrogen-bond donors (Lipinski definition) is 0. The van der Waals surface area contributed by atoms with E-state index in [0.717, 1.165) is 6.61 Å². The Morgan fingerprint density at radius 2 is 1.24 bits per heavy atom. The highest BCUT2D eigenvalue weighted by Crippen LogP contribution is 2.34. The highest BCUT2D eigenvalue weighted by molar-refractivity contribution is 7.49. The summed E-state index contributed by atoms with van der Waals surface area (Å²) in [5.74, 6) is 0. The van der Waals surface area contributed by atoms with Crippen LogP contribution in [0.1, 0.15) is 0 Å². The molecule has 0 spiro atoms. The van der Waals surface area contributed by atoms with Gasteiger partial charge in [-0.3, -0.25) is 0 Å². The lowest BCUT2D eigenvalue weighted by Gasteiger charge is -2.34. The summed E-state index contributed by atoms with van der Waals surface area (Å²) in [6.07, 6.45) is 0. The maximum Gasteiger partial charge on any atom is 0.186 e. The van der Waals surface area contributed by atoms with Gasteiger partial charge in [-0.1, -0.05) is 73.8 Å². The molecule has 4 heteroatoms. The zero-order valence-electron chi connectivity index (χ0n) is 19.8. The second kappa shape index (κ2) is 7.62. The smallest absolute Gasteiger partial charge is 0.186 e. The van der Waals surface area contributed by atoms with Crippen molar-refractivity contribution >= 4 is 83.8 Å². The predicted molar refractivity (Wildman–Crippen MR) is 158 cm³/mol. The van der Waals surface area contributed by atoms with Crippen LogP contribution in [0.15, 0.2) is 91.0 Å². The number of hydrogen-bond acceptors (Lipinski definition) is 1. The molecular formula is C30H28OSi3. The zero-order chi connectivity index (χ0) is 22.9. The van der Waals surface area contributed by atoms with Crippen molar-refractivity contribution in [1.82, 2.24) is 0 Å². The quantitative estimate of drug-likeness (QED) is 0.150. The molecule has 1 heterocycles. The molecule has 0 saturated carbocycles. The third-order valence-electron chi connectivity index (χ3n) is 7.88. The fraction of sp³-hybridized carbons (Fsp3) is 0.133. The third-order valence-corrected chi connectivity index (χ3v) is 33.5. The van der Waals surface area contributed by atoms with Crippen LogP contribution in [-0.2, 0) is 4.43 Å². The summed E-state index contributed by atoms with van der Waals surface area (Å²) in [4.78, 5) is 0. The normalized spacial score (nSPS) is 19.1. The molecule has 34 heavy (non-hydrogen) atoms. The number of benzene rings is 6. The van der Waals surface area contributed by atoms with Gasteiger partial charge in [-0.05, 0) is 95.4 Å². The lowest BCUT2D eigenvalue weighted by Crippen LogP contribution is -2.56. The highest BCUT2D eigenvalue weighted by atomic mass is 29.6. The number of fused-ring (bicyclic) bond motifs is 6. The third kappa shape index (κ3) is 3.28. The molecule has 0 bridgehead atoms. The standard InChI is InChI=1S/C30H28OSi3/c1-34(2)14-13-31-33(32-34)30-26-10-6-5-9-22(26)18-29-27(30)12-11-23-17-24-15-20-7-3-4-8-21(20)16-25(24)19-28(23)29/h3-12,15-19,33H,13-14,32H2,1-2H3. The first-order valence-electron chi connectivity index (χ1n) is 12.4. The summed E-state index contributed by atoms with van der Waals surface area (Å²) >= 11 is 0. The Kier molecular flexibility index (Phi) is 4.61. The van der Waals surface area contributed by atoms with Crippen molar-refractivity contribution in [3.05, 3.63) is 91.0 Å². The molecule has 1 fully saturated rings. The van der Waals surface area contributed by atoms with Crippen molar-refractivity contribution in [2.75, 3.05) is 6.61 Å². The Balaban J connectivity index is 1.56. The van der Waals surface area contributed by atoms with Crippen molar-refractivity contribution in [3.8, 4) is 0 Å². The SMILES string of the molecule is C[Si]1(C)CCO[SiH](c2c3ccccc3cc3c2ccc2cc4cc5ccccc5cc4cc23)[SiH2]1. The molecule has 0 aliphatic carbocycles. The second-order valence-corrected chi connectivity index (χ2v) is 30.8. The first-order chi connectivity index (χ1) is 16.6. The molecule has 1 aliphatic heterocycles. The van der Waals surface area contributed by atoms with E-state index in [9.17, 15) is 0 Å². The van der Waals surface area contributed by atoms with Gasteiger partial charge in [-0.25, -0.2) is 0 Å². The Morgan fingerprint density at radius 1 is 0.618 bits per heavy atom. The van der Waals surface area contributed by atoms with Gasteiger partial charge < -0.3 is 4.43 Å². The van der Waals surface area contributed by atoms with E-state index in [1.807, 2.05) is 0 Å². The maximum absolute atomic E-state index is 6.68. The minimum atomic E-state index is -1.37. The molecule has 1 aliphatic rings. The Labute approximate surface area is 204 Å². The van der Waals surface area contributed by atoms with E-state index < -0.39 is 16.1 Å². The van der Waals surface area contributed by atoms with Gasteiger partial charge in [-0.2, -0.15) is 0 Å². The summed E-state index contributed by atoms with van der Waals surface area (Å²) < 4.78 is 6.68. The van der Waals surface area contributed by atoms with Crippen LogP contribution in [-0.4, -0.2) is 31.3 Å². The van der Waals surface area contributed by atoms with Crippen LogP contribution in [0.2, 0.25) is 19.1 Å². The summed E-state index contributed by atoms with van der Waals surface area (Å²) in [5, 5.41) is 15.2.